The average Bonchev–Trinajstić information content (AvgIpc) is 3.00. The molecule has 1 saturated heterocycles. The molecule has 1 aromatic heterocycles. The molecule has 2 aliphatic rings. The minimum Gasteiger partial charge on any atom is -0.490 e. The molecule has 1 aromatic carbocycles. The normalized spacial score (nSPS) is 21.8. The fourth-order valence-corrected chi connectivity index (χ4v) is 3.55. The predicted octanol–water partition coefficient (Wildman–Crippen LogP) is 3.30. The van der Waals surface area contributed by atoms with Gasteiger partial charge >= 0.3 is 0 Å². The van der Waals surface area contributed by atoms with Gasteiger partial charge in [0.15, 0.2) is 11.5 Å². The Kier molecular flexibility index (Phi) is 4.20. The molecule has 1 N–H and O–H groups in total. The highest BCUT2D eigenvalue weighted by molar-refractivity contribution is 5.47. The molecular formula is C18H23N3O2. The Balaban J connectivity index is 1.59. The Morgan fingerprint density at radius 1 is 1.17 bits per heavy atom. The van der Waals surface area contributed by atoms with Crippen LogP contribution in [0.3, 0.4) is 0 Å². The molecule has 3 heterocycles. The molecule has 4 rings (SSSR count). The van der Waals surface area contributed by atoms with E-state index in [0.29, 0.717) is 6.04 Å². The van der Waals surface area contributed by atoms with E-state index in [2.05, 4.69) is 27.0 Å². The number of likely N-dealkylation sites (tertiary alicyclic amines) is 1. The van der Waals surface area contributed by atoms with Gasteiger partial charge in [0.25, 0.3) is 0 Å². The van der Waals surface area contributed by atoms with Crippen molar-refractivity contribution in [3.63, 3.8) is 0 Å². The van der Waals surface area contributed by atoms with Gasteiger partial charge in [-0.05, 0) is 25.5 Å². The molecule has 0 radical (unpaired) electrons. The van der Waals surface area contributed by atoms with Gasteiger partial charge in [-0.1, -0.05) is 18.6 Å². The van der Waals surface area contributed by atoms with Crippen LogP contribution in [0.5, 0.6) is 11.5 Å². The Hall–Kier alpha value is -2.01. The zero-order valence-electron chi connectivity index (χ0n) is 13.3. The lowest BCUT2D eigenvalue weighted by atomic mass is 10.0. The third kappa shape index (κ3) is 3.06. The molecular weight excluding hydrogens is 290 g/mol. The van der Waals surface area contributed by atoms with Crippen LogP contribution < -0.4 is 9.47 Å². The molecule has 2 aromatic rings. The first-order valence-corrected chi connectivity index (χ1v) is 8.52. The number of imidazole rings is 1. The fraction of sp³-hybridized carbons (Fsp3) is 0.500. The zero-order chi connectivity index (χ0) is 15.5. The van der Waals surface area contributed by atoms with Crippen LogP contribution in [0.1, 0.15) is 43.1 Å². The SMILES string of the molecule is c1cc(CN2CCCC[C@H]2c2ncc[nH]2)c2c(c1)OCCCO2. The maximum absolute atomic E-state index is 5.97. The second-order valence-corrected chi connectivity index (χ2v) is 6.25. The molecule has 5 nitrogen and oxygen atoms in total. The monoisotopic (exact) mass is 313 g/mol. The topological polar surface area (TPSA) is 50.4 Å². The van der Waals surface area contributed by atoms with Crippen LogP contribution in [0, 0.1) is 0 Å². The van der Waals surface area contributed by atoms with E-state index < -0.39 is 0 Å². The molecule has 2 aliphatic heterocycles. The van der Waals surface area contributed by atoms with Crippen molar-refractivity contribution < 1.29 is 9.47 Å². The Bertz CT molecular complexity index is 642. The number of benzene rings is 1. The lowest BCUT2D eigenvalue weighted by Crippen LogP contribution is -2.33. The number of aromatic amines is 1. The van der Waals surface area contributed by atoms with Crippen LogP contribution in [0.15, 0.2) is 30.6 Å². The number of ether oxygens (including phenoxy) is 2. The van der Waals surface area contributed by atoms with Crippen molar-refractivity contribution in [3.8, 4) is 11.5 Å². The van der Waals surface area contributed by atoms with Gasteiger partial charge in [-0.2, -0.15) is 0 Å². The molecule has 0 unspecified atom stereocenters. The van der Waals surface area contributed by atoms with Gasteiger partial charge in [0.1, 0.15) is 5.82 Å². The predicted molar refractivity (Wildman–Crippen MR) is 87.6 cm³/mol. The number of nitrogens with one attached hydrogen (secondary N) is 1. The van der Waals surface area contributed by atoms with Crippen molar-refractivity contribution in [2.75, 3.05) is 19.8 Å². The quantitative estimate of drug-likeness (QED) is 0.944. The van der Waals surface area contributed by atoms with Crippen molar-refractivity contribution >= 4 is 0 Å². The summed E-state index contributed by atoms with van der Waals surface area (Å²) < 4.78 is 11.8. The summed E-state index contributed by atoms with van der Waals surface area (Å²) in [5.41, 5.74) is 1.21. The molecule has 0 saturated carbocycles. The second-order valence-electron chi connectivity index (χ2n) is 6.25. The fourth-order valence-electron chi connectivity index (χ4n) is 3.55. The average molecular weight is 313 g/mol. The molecule has 5 heteroatoms. The number of fused-ring (bicyclic) bond motifs is 1. The summed E-state index contributed by atoms with van der Waals surface area (Å²) in [6, 6.07) is 6.58. The van der Waals surface area contributed by atoms with E-state index in [4.69, 9.17) is 9.47 Å². The van der Waals surface area contributed by atoms with E-state index in [1.54, 1.807) is 0 Å². The Morgan fingerprint density at radius 2 is 2.13 bits per heavy atom. The number of piperidine rings is 1. The summed E-state index contributed by atoms with van der Waals surface area (Å²) in [6.45, 7) is 3.43. The van der Waals surface area contributed by atoms with E-state index >= 15 is 0 Å². The second kappa shape index (κ2) is 6.62. The van der Waals surface area contributed by atoms with Crippen molar-refractivity contribution in [2.24, 2.45) is 0 Å². The van der Waals surface area contributed by atoms with E-state index in [-0.39, 0.29) is 0 Å². The summed E-state index contributed by atoms with van der Waals surface area (Å²) in [4.78, 5) is 10.3. The summed E-state index contributed by atoms with van der Waals surface area (Å²) in [7, 11) is 0. The molecule has 0 amide bonds. The maximum Gasteiger partial charge on any atom is 0.165 e. The van der Waals surface area contributed by atoms with Crippen LogP contribution >= 0.6 is 0 Å². The van der Waals surface area contributed by atoms with Gasteiger partial charge in [-0.15, -0.1) is 0 Å². The number of rotatable bonds is 3. The summed E-state index contributed by atoms with van der Waals surface area (Å²) in [6.07, 6.45) is 8.34. The summed E-state index contributed by atoms with van der Waals surface area (Å²) in [5, 5.41) is 0. The number of H-pyrrole nitrogens is 1. The van der Waals surface area contributed by atoms with Crippen LogP contribution in [-0.4, -0.2) is 34.6 Å². The van der Waals surface area contributed by atoms with Gasteiger partial charge < -0.3 is 14.5 Å². The minimum atomic E-state index is 0.362. The number of nitrogens with zero attached hydrogens (tertiary/aromatic N) is 2. The molecule has 1 fully saturated rings. The van der Waals surface area contributed by atoms with Crippen molar-refractivity contribution in [3.05, 3.63) is 42.0 Å². The summed E-state index contributed by atoms with van der Waals surface area (Å²) >= 11 is 0. The van der Waals surface area contributed by atoms with E-state index in [1.807, 2.05) is 18.5 Å². The lowest BCUT2D eigenvalue weighted by molar-refractivity contribution is 0.132. The van der Waals surface area contributed by atoms with Crippen molar-refractivity contribution in [1.82, 2.24) is 14.9 Å². The molecule has 23 heavy (non-hydrogen) atoms. The first-order valence-electron chi connectivity index (χ1n) is 8.52. The van der Waals surface area contributed by atoms with Gasteiger partial charge in [-0.25, -0.2) is 4.98 Å². The van der Waals surface area contributed by atoms with Crippen LogP contribution in [0.25, 0.3) is 0 Å². The van der Waals surface area contributed by atoms with Crippen molar-refractivity contribution in [1.29, 1.82) is 0 Å². The Morgan fingerprint density at radius 3 is 3.04 bits per heavy atom. The molecule has 0 aliphatic carbocycles. The molecule has 122 valence electrons. The molecule has 0 bridgehead atoms. The van der Waals surface area contributed by atoms with Gasteiger partial charge in [0, 0.05) is 30.9 Å². The summed E-state index contributed by atoms with van der Waals surface area (Å²) in [5.74, 6) is 2.88. The largest absolute Gasteiger partial charge is 0.490 e. The van der Waals surface area contributed by atoms with Crippen LogP contribution in [0.4, 0.5) is 0 Å². The molecule has 1 atom stereocenters. The third-order valence-corrected chi connectivity index (χ3v) is 4.68. The van der Waals surface area contributed by atoms with Gasteiger partial charge in [-0.3, -0.25) is 4.90 Å². The number of hydrogen-bond donors (Lipinski definition) is 1. The first kappa shape index (κ1) is 14.6. The van der Waals surface area contributed by atoms with Gasteiger partial charge in [0.2, 0.25) is 0 Å². The van der Waals surface area contributed by atoms with E-state index in [1.165, 1.54) is 18.4 Å². The van der Waals surface area contributed by atoms with Crippen LogP contribution in [-0.2, 0) is 6.54 Å². The number of aromatic nitrogens is 2. The third-order valence-electron chi connectivity index (χ3n) is 4.68. The highest BCUT2D eigenvalue weighted by Gasteiger charge is 2.27. The van der Waals surface area contributed by atoms with Gasteiger partial charge in [0.05, 0.1) is 19.3 Å². The molecule has 0 spiro atoms. The first-order chi connectivity index (χ1) is 11.4. The highest BCUT2D eigenvalue weighted by atomic mass is 16.5. The number of para-hydroxylation sites is 1. The zero-order valence-corrected chi connectivity index (χ0v) is 13.3. The maximum atomic E-state index is 5.97. The van der Waals surface area contributed by atoms with E-state index in [9.17, 15) is 0 Å². The minimum absolute atomic E-state index is 0.362. The lowest BCUT2D eigenvalue weighted by Gasteiger charge is -2.34. The standard InChI is InChI=1S/C18H23N3O2/c1-2-10-21(15(6-1)18-19-8-9-20-18)13-14-5-3-7-16-17(14)23-12-4-11-22-16/h3,5,7-9,15H,1-2,4,6,10-13H2,(H,19,20)/t15-/m0/s1. The number of hydrogen-bond acceptors (Lipinski definition) is 4. The Labute approximate surface area is 136 Å². The highest BCUT2D eigenvalue weighted by Crippen LogP contribution is 2.37. The van der Waals surface area contributed by atoms with Crippen molar-refractivity contribution in [2.45, 2.75) is 38.3 Å². The van der Waals surface area contributed by atoms with Crippen LogP contribution in [0.2, 0.25) is 0 Å². The van der Waals surface area contributed by atoms with E-state index in [0.717, 1.165) is 56.5 Å². The smallest absolute Gasteiger partial charge is 0.165 e.